The molecule has 2 aliphatic heterocycles. The standard InChI is InChI=1S/C23H28F3N5O3/c1-3-34-22(33)30-10-8-16(9-11-30)27-21(32)18-13-20-28-17(15-6-4-14(2)5-7-15)12-19(23(24,25)26)31(20)29-18/h4-7,13,16-17,19,28H,3,8-12H2,1-2H3,(H,27,32)/t17-,19-/m1/s1. The van der Waals surface area contributed by atoms with Crippen LogP contribution in [-0.2, 0) is 4.74 Å². The highest BCUT2D eigenvalue weighted by Crippen LogP contribution is 2.43. The third kappa shape index (κ3) is 5.13. The van der Waals surface area contributed by atoms with E-state index in [-0.39, 0.29) is 36.7 Å². The number of aromatic nitrogens is 2. The summed E-state index contributed by atoms with van der Waals surface area (Å²) in [5.74, 6) is -0.382. The fourth-order valence-corrected chi connectivity index (χ4v) is 4.38. The number of anilines is 1. The van der Waals surface area contributed by atoms with Gasteiger partial charge in [-0.15, -0.1) is 0 Å². The third-order valence-electron chi connectivity index (χ3n) is 6.26. The van der Waals surface area contributed by atoms with E-state index in [1.54, 1.807) is 11.8 Å². The largest absolute Gasteiger partial charge is 0.450 e. The zero-order chi connectivity index (χ0) is 24.5. The molecule has 4 rings (SSSR count). The number of carbonyl (C=O) groups is 2. The Morgan fingerprint density at radius 1 is 1.21 bits per heavy atom. The van der Waals surface area contributed by atoms with Gasteiger partial charge in [-0.2, -0.15) is 18.3 Å². The highest BCUT2D eigenvalue weighted by atomic mass is 19.4. The van der Waals surface area contributed by atoms with E-state index in [0.717, 1.165) is 15.8 Å². The van der Waals surface area contributed by atoms with Gasteiger partial charge in [0, 0.05) is 31.6 Å². The van der Waals surface area contributed by atoms with Crippen molar-refractivity contribution in [2.45, 2.75) is 57.4 Å². The van der Waals surface area contributed by atoms with Crippen LogP contribution >= 0.6 is 0 Å². The molecule has 2 amide bonds. The second kappa shape index (κ2) is 9.55. The number of rotatable bonds is 4. The smallest absolute Gasteiger partial charge is 0.410 e. The normalized spacial score (nSPS) is 20.9. The second-order valence-electron chi connectivity index (χ2n) is 8.69. The highest BCUT2D eigenvalue weighted by Gasteiger charge is 2.46. The number of ether oxygens (including phenoxy) is 1. The molecule has 0 radical (unpaired) electrons. The summed E-state index contributed by atoms with van der Waals surface area (Å²) in [4.78, 5) is 26.2. The quantitative estimate of drug-likeness (QED) is 0.686. The van der Waals surface area contributed by atoms with Gasteiger partial charge in [-0.25, -0.2) is 9.48 Å². The lowest BCUT2D eigenvalue weighted by atomic mass is 9.96. The Morgan fingerprint density at radius 2 is 1.88 bits per heavy atom. The number of nitrogens with one attached hydrogen (secondary N) is 2. The maximum Gasteiger partial charge on any atom is 0.410 e. The van der Waals surface area contributed by atoms with Crippen LogP contribution in [0.4, 0.5) is 23.8 Å². The number of piperidine rings is 1. The molecular formula is C23H28F3N5O3. The summed E-state index contributed by atoms with van der Waals surface area (Å²) in [5.41, 5.74) is 1.69. The molecule has 0 unspecified atom stereocenters. The molecule has 0 aliphatic carbocycles. The van der Waals surface area contributed by atoms with Crippen LogP contribution in [0.2, 0.25) is 0 Å². The number of carbonyl (C=O) groups excluding carboxylic acids is 2. The van der Waals surface area contributed by atoms with Crippen LogP contribution in [0.25, 0.3) is 0 Å². The van der Waals surface area contributed by atoms with Gasteiger partial charge in [0.15, 0.2) is 11.7 Å². The van der Waals surface area contributed by atoms with E-state index >= 15 is 0 Å². The van der Waals surface area contributed by atoms with Crippen LogP contribution in [0.3, 0.4) is 0 Å². The number of fused-ring (bicyclic) bond motifs is 1. The minimum atomic E-state index is -4.51. The van der Waals surface area contributed by atoms with Gasteiger partial charge >= 0.3 is 12.3 Å². The first kappa shape index (κ1) is 23.9. The van der Waals surface area contributed by atoms with Gasteiger partial charge < -0.3 is 20.3 Å². The van der Waals surface area contributed by atoms with Crippen molar-refractivity contribution in [1.29, 1.82) is 0 Å². The number of amides is 2. The maximum atomic E-state index is 13.9. The lowest BCUT2D eigenvalue weighted by molar-refractivity contribution is -0.173. The predicted octanol–water partition coefficient (Wildman–Crippen LogP) is 4.20. The second-order valence-corrected chi connectivity index (χ2v) is 8.69. The number of hydrogen-bond donors (Lipinski definition) is 2. The van der Waals surface area contributed by atoms with Gasteiger partial charge in [0.05, 0.1) is 12.6 Å². The lowest BCUT2D eigenvalue weighted by Gasteiger charge is -2.33. The summed E-state index contributed by atoms with van der Waals surface area (Å²) in [6.45, 7) is 4.80. The molecule has 8 nitrogen and oxygen atoms in total. The van der Waals surface area contributed by atoms with E-state index in [9.17, 15) is 22.8 Å². The van der Waals surface area contributed by atoms with E-state index in [1.165, 1.54) is 6.07 Å². The molecule has 3 heterocycles. The van der Waals surface area contributed by atoms with Crippen LogP contribution in [0.15, 0.2) is 30.3 Å². The summed E-state index contributed by atoms with van der Waals surface area (Å²) in [5, 5.41) is 9.95. The van der Waals surface area contributed by atoms with Crippen LogP contribution < -0.4 is 10.6 Å². The summed E-state index contributed by atoms with van der Waals surface area (Å²) in [6.07, 6.45) is -4.08. The van der Waals surface area contributed by atoms with E-state index < -0.39 is 24.2 Å². The Labute approximate surface area is 195 Å². The number of hydrogen-bond acceptors (Lipinski definition) is 5. The van der Waals surface area contributed by atoms with Crippen LogP contribution in [0, 0.1) is 6.92 Å². The van der Waals surface area contributed by atoms with E-state index in [0.29, 0.717) is 25.9 Å². The van der Waals surface area contributed by atoms with Crippen molar-refractivity contribution in [3.63, 3.8) is 0 Å². The van der Waals surface area contributed by atoms with Crippen molar-refractivity contribution < 1.29 is 27.5 Å². The highest BCUT2D eigenvalue weighted by molar-refractivity contribution is 5.93. The minimum absolute atomic E-state index is 0.0749. The zero-order valence-corrected chi connectivity index (χ0v) is 19.1. The first-order valence-corrected chi connectivity index (χ1v) is 11.4. The van der Waals surface area contributed by atoms with Crippen molar-refractivity contribution in [2.75, 3.05) is 25.0 Å². The molecule has 1 aromatic carbocycles. The van der Waals surface area contributed by atoms with Gasteiger partial charge in [0.25, 0.3) is 5.91 Å². The molecule has 1 aromatic heterocycles. The molecule has 2 N–H and O–H groups in total. The first-order chi connectivity index (χ1) is 16.2. The van der Waals surface area contributed by atoms with E-state index in [2.05, 4.69) is 15.7 Å². The molecule has 2 aliphatic rings. The molecule has 184 valence electrons. The topological polar surface area (TPSA) is 88.5 Å². The molecule has 34 heavy (non-hydrogen) atoms. The molecule has 1 fully saturated rings. The fourth-order valence-electron chi connectivity index (χ4n) is 4.38. The van der Waals surface area contributed by atoms with E-state index in [4.69, 9.17) is 4.74 Å². The molecule has 2 atom stereocenters. The Balaban J connectivity index is 1.47. The maximum absolute atomic E-state index is 13.9. The Kier molecular flexibility index (Phi) is 6.72. The van der Waals surface area contributed by atoms with Gasteiger partial charge in [-0.05, 0) is 32.3 Å². The molecule has 0 bridgehead atoms. The Morgan fingerprint density at radius 3 is 2.50 bits per heavy atom. The lowest BCUT2D eigenvalue weighted by Crippen LogP contribution is -2.46. The summed E-state index contributed by atoms with van der Waals surface area (Å²) >= 11 is 0. The third-order valence-corrected chi connectivity index (χ3v) is 6.26. The number of nitrogens with zero attached hydrogens (tertiary/aromatic N) is 3. The van der Waals surface area contributed by atoms with Crippen molar-refractivity contribution >= 4 is 17.8 Å². The van der Waals surface area contributed by atoms with E-state index in [1.807, 2.05) is 31.2 Å². The summed E-state index contributed by atoms with van der Waals surface area (Å²) in [7, 11) is 0. The van der Waals surface area contributed by atoms with Crippen molar-refractivity contribution in [3.8, 4) is 0 Å². The predicted molar refractivity (Wildman–Crippen MR) is 119 cm³/mol. The SMILES string of the molecule is CCOC(=O)N1CCC(NC(=O)c2cc3n(n2)[C@@H](C(F)(F)F)C[C@H](c2ccc(C)cc2)N3)CC1. The van der Waals surface area contributed by atoms with Gasteiger partial charge in [0.1, 0.15) is 5.82 Å². The number of benzene rings is 1. The molecule has 0 saturated carbocycles. The van der Waals surface area contributed by atoms with Crippen LogP contribution in [-0.4, -0.2) is 58.6 Å². The first-order valence-electron chi connectivity index (χ1n) is 11.4. The van der Waals surface area contributed by atoms with Crippen molar-refractivity contribution in [2.24, 2.45) is 0 Å². The summed E-state index contributed by atoms with van der Waals surface area (Å²) < 4.78 is 47.5. The van der Waals surface area contributed by atoms with Gasteiger partial charge in [0.2, 0.25) is 0 Å². The van der Waals surface area contributed by atoms with Crippen molar-refractivity contribution in [1.82, 2.24) is 20.0 Å². The minimum Gasteiger partial charge on any atom is -0.450 e. The molecule has 11 heteroatoms. The molecule has 2 aromatic rings. The number of halogens is 3. The average Bonchev–Trinajstić information content (AvgIpc) is 3.23. The monoisotopic (exact) mass is 479 g/mol. The average molecular weight is 480 g/mol. The fraction of sp³-hybridized carbons (Fsp3) is 0.522. The summed E-state index contributed by atoms with van der Waals surface area (Å²) in [6, 6.07) is 6.09. The number of alkyl halides is 3. The Hall–Kier alpha value is -3.24. The van der Waals surface area contributed by atoms with Crippen molar-refractivity contribution in [3.05, 3.63) is 47.2 Å². The zero-order valence-electron chi connectivity index (χ0n) is 19.1. The molecule has 1 saturated heterocycles. The Bertz CT molecular complexity index is 1030. The van der Waals surface area contributed by atoms with Gasteiger partial charge in [-0.1, -0.05) is 29.8 Å². The number of likely N-dealkylation sites (tertiary alicyclic amines) is 1. The van der Waals surface area contributed by atoms with Crippen LogP contribution in [0.5, 0.6) is 0 Å². The molecular weight excluding hydrogens is 451 g/mol. The molecule has 0 spiro atoms. The van der Waals surface area contributed by atoms with Crippen LogP contribution in [0.1, 0.15) is 59.9 Å². The van der Waals surface area contributed by atoms with Gasteiger partial charge in [-0.3, -0.25) is 4.79 Å². The number of aryl methyl sites for hydroxylation is 1.